The summed E-state index contributed by atoms with van der Waals surface area (Å²) in [5, 5.41) is 0. The Bertz CT molecular complexity index is 1010. The molecule has 128 valence electrons. The van der Waals surface area contributed by atoms with E-state index in [2.05, 4.69) is 0 Å². The molecule has 0 atom stereocenters. The van der Waals surface area contributed by atoms with E-state index < -0.39 is 0 Å². The summed E-state index contributed by atoms with van der Waals surface area (Å²) in [6.07, 6.45) is 4.40. The molecule has 0 radical (unpaired) electrons. The van der Waals surface area contributed by atoms with Gasteiger partial charge in [0.15, 0.2) is 11.5 Å². The van der Waals surface area contributed by atoms with Gasteiger partial charge in [0.2, 0.25) is 5.78 Å². The molecule has 0 unspecified atom stereocenters. The molecule has 26 heavy (non-hydrogen) atoms. The molecule has 2 heterocycles. The van der Waals surface area contributed by atoms with Crippen LogP contribution < -0.4 is 9.47 Å². The molecule has 0 amide bonds. The molecule has 4 nitrogen and oxygen atoms in total. The van der Waals surface area contributed by atoms with Crippen molar-refractivity contribution in [2.45, 2.75) is 25.7 Å². The summed E-state index contributed by atoms with van der Waals surface area (Å²) in [6, 6.07) is 13.2. The van der Waals surface area contributed by atoms with Gasteiger partial charge < -0.3 is 9.47 Å². The van der Waals surface area contributed by atoms with Crippen LogP contribution in [0.5, 0.6) is 11.5 Å². The number of hydrogen-bond acceptors (Lipinski definition) is 4. The van der Waals surface area contributed by atoms with Crippen LogP contribution in [0.3, 0.4) is 0 Å². The number of ether oxygens (including phenoxy) is 2. The average molecular weight is 344 g/mol. The minimum atomic E-state index is -0.138. The summed E-state index contributed by atoms with van der Waals surface area (Å²) in [6.45, 7) is 0. The van der Waals surface area contributed by atoms with Crippen LogP contribution >= 0.6 is 0 Å². The van der Waals surface area contributed by atoms with Crippen LogP contribution in [0, 0.1) is 0 Å². The maximum atomic E-state index is 12.7. The smallest absolute Gasteiger partial charge is 0.231 e. The van der Waals surface area contributed by atoms with Crippen LogP contribution in [0.15, 0.2) is 59.6 Å². The van der Waals surface area contributed by atoms with E-state index >= 15 is 0 Å². The summed E-state index contributed by atoms with van der Waals surface area (Å²) in [5.41, 5.74) is 2.96. The number of carbonyl (C=O) groups excluding carboxylic acids is 2. The molecule has 4 heteroatoms. The first-order valence-corrected chi connectivity index (χ1v) is 8.79. The van der Waals surface area contributed by atoms with Crippen LogP contribution in [0.4, 0.5) is 0 Å². The van der Waals surface area contributed by atoms with E-state index in [0.717, 1.165) is 35.3 Å². The van der Waals surface area contributed by atoms with Gasteiger partial charge in [-0.1, -0.05) is 30.3 Å². The minimum Gasteiger partial charge on any atom is -0.461 e. The van der Waals surface area contributed by atoms with E-state index in [4.69, 9.17) is 9.47 Å². The van der Waals surface area contributed by atoms with Gasteiger partial charge in [-0.05, 0) is 30.2 Å². The largest absolute Gasteiger partial charge is 0.461 e. The Morgan fingerprint density at radius 3 is 2.62 bits per heavy atom. The topological polar surface area (TPSA) is 52.6 Å². The lowest BCUT2D eigenvalue weighted by molar-refractivity contribution is -0.116. The predicted molar refractivity (Wildman–Crippen MR) is 96.0 cm³/mol. The Morgan fingerprint density at radius 1 is 0.923 bits per heavy atom. The fourth-order valence-corrected chi connectivity index (χ4v) is 3.74. The Kier molecular flexibility index (Phi) is 3.32. The minimum absolute atomic E-state index is 0.138. The fraction of sp³-hybridized carbons (Fsp3) is 0.182. The third-order valence-corrected chi connectivity index (χ3v) is 5.06. The molecule has 0 saturated heterocycles. The number of allylic oxidation sites excluding steroid dienone is 3. The van der Waals surface area contributed by atoms with E-state index in [-0.39, 0.29) is 11.6 Å². The molecular formula is C22H16O4. The van der Waals surface area contributed by atoms with Crippen LogP contribution in [0.2, 0.25) is 0 Å². The van der Waals surface area contributed by atoms with Gasteiger partial charge in [0, 0.05) is 30.4 Å². The standard InChI is InChI=1S/C22H16O4/c23-17-7-4-8-18-15(17)12-16-19(25-18)10-9-14-21(24)20(26-22(14)16)11-13-5-2-1-3-6-13/h1-3,5-6,9-11H,4,7-8,12H2. The van der Waals surface area contributed by atoms with Crippen LogP contribution in [-0.4, -0.2) is 11.6 Å². The van der Waals surface area contributed by atoms with Crippen molar-refractivity contribution in [3.05, 3.63) is 76.2 Å². The van der Waals surface area contributed by atoms with Crippen molar-refractivity contribution in [1.82, 2.24) is 0 Å². The highest BCUT2D eigenvalue weighted by atomic mass is 16.5. The number of rotatable bonds is 1. The Morgan fingerprint density at radius 2 is 1.77 bits per heavy atom. The SMILES string of the molecule is O=C1CCCC2=C1Cc1c(ccc3c1OC(=Cc1ccccc1)C3=O)O2. The zero-order valence-electron chi connectivity index (χ0n) is 14.1. The number of carbonyl (C=O) groups is 2. The molecule has 0 bridgehead atoms. The zero-order chi connectivity index (χ0) is 17.7. The maximum absolute atomic E-state index is 12.7. The second-order valence-electron chi connectivity index (χ2n) is 6.73. The number of ketones is 2. The van der Waals surface area contributed by atoms with Crippen molar-refractivity contribution in [2.75, 3.05) is 0 Å². The van der Waals surface area contributed by atoms with E-state index in [1.807, 2.05) is 36.4 Å². The first-order chi connectivity index (χ1) is 12.7. The van der Waals surface area contributed by atoms with Crippen molar-refractivity contribution in [2.24, 2.45) is 0 Å². The van der Waals surface area contributed by atoms with Crippen LogP contribution in [0.25, 0.3) is 6.08 Å². The van der Waals surface area contributed by atoms with Crippen molar-refractivity contribution in [1.29, 1.82) is 0 Å². The van der Waals surface area contributed by atoms with Gasteiger partial charge >= 0.3 is 0 Å². The molecule has 2 aromatic carbocycles. The van der Waals surface area contributed by atoms with Crippen molar-refractivity contribution in [3.63, 3.8) is 0 Å². The van der Waals surface area contributed by atoms with E-state index in [1.54, 1.807) is 12.1 Å². The quantitative estimate of drug-likeness (QED) is 0.726. The summed E-state index contributed by atoms with van der Waals surface area (Å²) in [7, 11) is 0. The predicted octanol–water partition coefficient (Wildman–Crippen LogP) is 4.24. The highest BCUT2D eigenvalue weighted by Gasteiger charge is 2.35. The summed E-state index contributed by atoms with van der Waals surface area (Å²) < 4.78 is 11.9. The molecular weight excluding hydrogens is 328 g/mol. The Labute approximate surface area is 150 Å². The second-order valence-corrected chi connectivity index (χ2v) is 6.73. The van der Waals surface area contributed by atoms with Gasteiger partial charge in [-0.25, -0.2) is 0 Å². The molecule has 0 saturated carbocycles. The zero-order valence-corrected chi connectivity index (χ0v) is 14.1. The van der Waals surface area contributed by atoms with Gasteiger partial charge in [0.1, 0.15) is 17.3 Å². The summed E-state index contributed by atoms with van der Waals surface area (Å²) in [5.74, 6) is 2.29. The van der Waals surface area contributed by atoms with Gasteiger partial charge in [0.05, 0.1) is 5.56 Å². The molecule has 2 aromatic rings. The highest BCUT2D eigenvalue weighted by Crippen LogP contribution is 2.45. The Hall–Kier alpha value is -3.14. The second kappa shape index (κ2) is 5.70. The van der Waals surface area contributed by atoms with Crippen molar-refractivity contribution < 1.29 is 19.1 Å². The lowest BCUT2D eigenvalue weighted by Gasteiger charge is -2.26. The van der Waals surface area contributed by atoms with E-state index in [0.29, 0.717) is 35.7 Å². The molecule has 3 aliphatic rings. The molecule has 1 aliphatic carbocycles. The fourth-order valence-electron chi connectivity index (χ4n) is 3.74. The normalized spacial score (nSPS) is 19.6. The lowest BCUT2D eigenvalue weighted by Crippen LogP contribution is -2.21. The highest BCUT2D eigenvalue weighted by molar-refractivity contribution is 6.15. The van der Waals surface area contributed by atoms with Gasteiger partial charge in [-0.2, -0.15) is 0 Å². The maximum Gasteiger partial charge on any atom is 0.231 e. The first kappa shape index (κ1) is 15.1. The molecule has 5 rings (SSSR count). The summed E-state index contributed by atoms with van der Waals surface area (Å²) in [4.78, 5) is 25.0. The van der Waals surface area contributed by atoms with E-state index in [9.17, 15) is 9.59 Å². The molecule has 0 fully saturated rings. The Balaban J connectivity index is 1.55. The number of fused-ring (bicyclic) bond motifs is 3. The molecule has 0 N–H and O–H groups in total. The monoisotopic (exact) mass is 344 g/mol. The average Bonchev–Trinajstić information content (AvgIpc) is 2.98. The third kappa shape index (κ3) is 2.30. The van der Waals surface area contributed by atoms with Crippen LogP contribution in [-0.2, 0) is 11.2 Å². The first-order valence-electron chi connectivity index (χ1n) is 8.79. The lowest BCUT2D eigenvalue weighted by atomic mass is 9.88. The number of Topliss-reactive ketones (excluding diaryl/α,β-unsaturated/α-hetero) is 2. The van der Waals surface area contributed by atoms with Gasteiger partial charge in [-0.3, -0.25) is 9.59 Å². The van der Waals surface area contributed by atoms with Gasteiger partial charge in [0.25, 0.3) is 0 Å². The van der Waals surface area contributed by atoms with Crippen LogP contribution in [0.1, 0.15) is 40.7 Å². The third-order valence-electron chi connectivity index (χ3n) is 5.06. The van der Waals surface area contributed by atoms with Gasteiger partial charge in [-0.15, -0.1) is 0 Å². The number of hydrogen-bond donors (Lipinski definition) is 0. The van der Waals surface area contributed by atoms with Crippen molar-refractivity contribution in [3.8, 4) is 11.5 Å². The van der Waals surface area contributed by atoms with Crippen molar-refractivity contribution >= 4 is 17.6 Å². The van der Waals surface area contributed by atoms with E-state index in [1.165, 1.54) is 0 Å². The molecule has 0 aromatic heterocycles. The number of benzene rings is 2. The summed E-state index contributed by atoms with van der Waals surface area (Å²) >= 11 is 0. The molecule has 0 spiro atoms. The molecule has 2 aliphatic heterocycles.